The van der Waals surface area contributed by atoms with E-state index in [9.17, 15) is 9.90 Å². The first-order chi connectivity index (χ1) is 13.1. The van der Waals surface area contributed by atoms with Gasteiger partial charge in [0.15, 0.2) is 0 Å². The molecule has 142 valence electrons. The van der Waals surface area contributed by atoms with E-state index >= 15 is 0 Å². The highest BCUT2D eigenvalue weighted by Gasteiger charge is 2.28. The molecule has 4 rings (SSSR count). The second kappa shape index (κ2) is 7.89. The highest BCUT2D eigenvalue weighted by molar-refractivity contribution is 6.31. The molecule has 6 heteroatoms. The minimum atomic E-state index is -0.430. The molecule has 2 heterocycles. The van der Waals surface area contributed by atoms with Gasteiger partial charge in [0.1, 0.15) is 18.1 Å². The predicted octanol–water partition coefficient (Wildman–Crippen LogP) is 3.52. The molecule has 0 saturated carbocycles. The normalized spacial score (nSPS) is 21.9. The number of aliphatic hydroxyl groups excluding tert-OH is 1. The molecule has 2 aromatic rings. The van der Waals surface area contributed by atoms with Gasteiger partial charge in [0.25, 0.3) is 0 Å². The highest BCUT2D eigenvalue weighted by atomic mass is 35.5. The Kier molecular flexibility index (Phi) is 5.34. The lowest BCUT2D eigenvalue weighted by Crippen LogP contribution is -2.30. The Morgan fingerprint density at radius 3 is 2.93 bits per heavy atom. The van der Waals surface area contributed by atoms with Crippen LogP contribution in [0.2, 0.25) is 5.02 Å². The van der Waals surface area contributed by atoms with Crippen LogP contribution >= 0.6 is 11.6 Å². The minimum absolute atomic E-state index is 0.112. The number of anilines is 1. The number of aliphatic hydroxyl groups is 1. The number of nitrogens with one attached hydrogen (secondary N) is 1. The van der Waals surface area contributed by atoms with E-state index < -0.39 is 6.10 Å². The van der Waals surface area contributed by atoms with Crippen molar-refractivity contribution in [3.8, 4) is 5.75 Å². The van der Waals surface area contributed by atoms with Crippen molar-refractivity contribution in [3.63, 3.8) is 0 Å². The van der Waals surface area contributed by atoms with Crippen LogP contribution in [0.1, 0.15) is 35.6 Å². The molecule has 2 aliphatic heterocycles. The molecule has 0 spiro atoms. The molecule has 5 nitrogen and oxygen atoms in total. The fraction of sp³-hybridized carbons (Fsp3) is 0.381. The first-order valence-corrected chi connectivity index (χ1v) is 9.56. The molecule has 2 aliphatic rings. The summed E-state index contributed by atoms with van der Waals surface area (Å²) in [5.74, 6) is 0.971. The second-order valence-electron chi connectivity index (χ2n) is 7.01. The maximum Gasteiger partial charge on any atom is 0.142 e. The molecular weight excluding hydrogens is 366 g/mol. The molecular formula is C21H22ClNO4. The molecule has 0 aromatic heterocycles. The summed E-state index contributed by atoms with van der Waals surface area (Å²) >= 11 is 6.42. The average Bonchev–Trinajstić information content (AvgIpc) is 2.69. The molecule has 2 aromatic carbocycles. The smallest absolute Gasteiger partial charge is 0.142 e. The third-order valence-corrected chi connectivity index (χ3v) is 5.35. The van der Waals surface area contributed by atoms with Crippen LogP contribution in [-0.4, -0.2) is 36.8 Å². The van der Waals surface area contributed by atoms with E-state index in [-0.39, 0.29) is 24.9 Å². The average molecular weight is 388 g/mol. The van der Waals surface area contributed by atoms with E-state index in [1.807, 2.05) is 30.3 Å². The summed E-state index contributed by atoms with van der Waals surface area (Å²) in [4.78, 5) is 12.0. The third-order valence-electron chi connectivity index (χ3n) is 4.99. The van der Waals surface area contributed by atoms with E-state index in [2.05, 4.69) is 11.4 Å². The summed E-state index contributed by atoms with van der Waals surface area (Å²) in [7, 11) is 0. The summed E-state index contributed by atoms with van der Waals surface area (Å²) in [6, 6.07) is 11.9. The van der Waals surface area contributed by atoms with Gasteiger partial charge in [0.05, 0.1) is 24.5 Å². The zero-order chi connectivity index (χ0) is 18.8. The zero-order valence-electron chi connectivity index (χ0n) is 14.9. The maximum absolute atomic E-state index is 12.0. The van der Waals surface area contributed by atoms with Crippen LogP contribution in [0.3, 0.4) is 0 Å². The molecule has 0 amide bonds. The van der Waals surface area contributed by atoms with Crippen molar-refractivity contribution in [1.82, 2.24) is 0 Å². The first kappa shape index (κ1) is 18.3. The van der Waals surface area contributed by atoms with Crippen molar-refractivity contribution in [2.75, 3.05) is 25.1 Å². The van der Waals surface area contributed by atoms with Crippen molar-refractivity contribution in [3.05, 3.63) is 58.1 Å². The molecule has 0 unspecified atom stereocenters. The highest BCUT2D eigenvalue weighted by Crippen LogP contribution is 2.33. The van der Waals surface area contributed by atoms with Crippen LogP contribution in [0.15, 0.2) is 36.4 Å². The summed E-state index contributed by atoms with van der Waals surface area (Å²) in [6.45, 7) is 1.33. The van der Waals surface area contributed by atoms with Gasteiger partial charge < -0.3 is 19.9 Å². The number of fused-ring (bicyclic) bond motifs is 1. The number of hydrogen-bond acceptors (Lipinski definition) is 5. The van der Waals surface area contributed by atoms with E-state index in [0.29, 0.717) is 24.5 Å². The van der Waals surface area contributed by atoms with E-state index in [0.717, 1.165) is 34.7 Å². The number of Topliss-reactive ketones (excluding diaryl/α,β-unsaturated/α-hetero) is 1. The summed E-state index contributed by atoms with van der Waals surface area (Å²) in [5, 5.41) is 13.3. The van der Waals surface area contributed by atoms with Gasteiger partial charge in [0, 0.05) is 24.4 Å². The van der Waals surface area contributed by atoms with E-state index in [1.54, 1.807) is 0 Å². The van der Waals surface area contributed by atoms with Crippen LogP contribution in [0.25, 0.3) is 0 Å². The van der Waals surface area contributed by atoms with Crippen molar-refractivity contribution in [2.45, 2.75) is 31.5 Å². The Bertz CT molecular complexity index is 854. The molecule has 0 bridgehead atoms. The topological polar surface area (TPSA) is 67.8 Å². The van der Waals surface area contributed by atoms with Gasteiger partial charge in [0.2, 0.25) is 0 Å². The van der Waals surface area contributed by atoms with Crippen molar-refractivity contribution < 1.29 is 19.4 Å². The quantitative estimate of drug-likeness (QED) is 0.840. The Hall–Kier alpha value is -2.08. The summed E-state index contributed by atoms with van der Waals surface area (Å²) in [6.07, 6.45) is 0.496. The standard InChI is InChI=1S/C21H22ClNO4/c22-18-3-2-14(20-11-16(25)10-17(12-24)27-20)9-15(18)7-13-1-4-19-21(8-13)26-6-5-23-19/h1-4,8-9,17,20,23-24H,5-7,10-12H2/t17-,20+/m0/s1. The lowest BCUT2D eigenvalue weighted by atomic mass is 9.94. The Balaban J connectivity index is 1.56. The Morgan fingerprint density at radius 1 is 1.19 bits per heavy atom. The number of carbonyl (C=O) groups is 1. The number of hydrogen-bond donors (Lipinski definition) is 2. The molecule has 0 radical (unpaired) electrons. The van der Waals surface area contributed by atoms with Gasteiger partial charge >= 0.3 is 0 Å². The van der Waals surface area contributed by atoms with Crippen LogP contribution in [0.5, 0.6) is 5.75 Å². The Labute approximate surface area is 163 Å². The van der Waals surface area contributed by atoms with Gasteiger partial charge in [-0.15, -0.1) is 0 Å². The van der Waals surface area contributed by atoms with Gasteiger partial charge in [-0.05, 0) is 41.3 Å². The fourth-order valence-electron chi connectivity index (χ4n) is 3.62. The number of carbonyl (C=O) groups excluding carboxylic acids is 1. The fourth-order valence-corrected chi connectivity index (χ4v) is 3.80. The van der Waals surface area contributed by atoms with Crippen molar-refractivity contribution >= 4 is 23.1 Å². The number of ether oxygens (including phenoxy) is 2. The SMILES string of the molecule is O=C1C[C@@H](CO)O[C@@H](c2ccc(Cl)c(Cc3ccc4c(c3)OCCN4)c2)C1. The second-order valence-corrected chi connectivity index (χ2v) is 7.42. The first-order valence-electron chi connectivity index (χ1n) is 9.18. The molecule has 27 heavy (non-hydrogen) atoms. The van der Waals surface area contributed by atoms with Crippen LogP contribution < -0.4 is 10.1 Å². The monoisotopic (exact) mass is 387 g/mol. The predicted molar refractivity (Wildman–Crippen MR) is 104 cm³/mol. The zero-order valence-corrected chi connectivity index (χ0v) is 15.7. The maximum atomic E-state index is 12.0. The van der Waals surface area contributed by atoms with Crippen molar-refractivity contribution in [1.29, 1.82) is 0 Å². The third kappa shape index (κ3) is 4.10. The Morgan fingerprint density at radius 2 is 2.07 bits per heavy atom. The van der Waals surface area contributed by atoms with Gasteiger partial charge in [-0.1, -0.05) is 29.8 Å². The lowest BCUT2D eigenvalue weighted by molar-refractivity contribution is -0.139. The summed E-state index contributed by atoms with van der Waals surface area (Å²) < 4.78 is 11.6. The molecule has 1 saturated heterocycles. The number of benzene rings is 2. The summed E-state index contributed by atoms with van der Waals surface area (Å²) in [5.41, 5.74) is 4.00. The van der Waals surface area contributed by atoms with Crippen LogP contribution in [-0.2, 0) is 16.0 Å². The van der Waals surface area contributed by atoms with E-state index in [4.69, 9.17) is 21.1 Å². The molecule has 1 fully saturated rings. The van der Waals surface area contributed by atoms with Gasteiger partial charge in [-0.3, -0.25) is 4.79 Å². The lowest BCUT2D eigenvalue weighted by Gasteiger charge is -2.28. The minimum Gasteiger partial charge on any atom is -0.490 e. The molecule has 2 atom stereocenters. The largest absolute Gasteiger partial charge is 0.490 e. The van der Waals surface area contributed by atoms with Gasteiger partial charge in [-0.2, -0.15) is 0 Å². The van der Waals surface area contributed by atoms with Crippen molar-refractivity contribution in [2.24, 2.45) is 0 Å². The van der Waals surface area contributed by atoms with Crippen LogP contribution in [0.4, 0.5) is 5.69 Å². The van der Waals surface area contributed by atoms with Crippen LogP contribution in [0, 0.1) is 0 Å². The number of halogens is 1. The molecule has 0 aliphatic carbocycles. The number of ketones is 1. The van der Waals surface area contributed by atoms with E-state index in [1.165, 1.54) is 0 Å². The molecule has 2 N–H and O–H groups in total. The number of rotatable bonds is 4. The van der Waals surface area contributed by atoms with Gasteiger partial charge in [-0.25, -0.2) is 0 Å².